The fourth-order valence-electron chi connectivity index (χ4n) is 4.02. The first-order valence-electron chi connectivity index (χ1n) is 9.38. The molecule has 2 unspecified atom stereocenters. The van der Waals surface area contributed by atoms with Crippen LogP contribution in [0.3, 0.4) is 0 Å². The molecule has 0 aromatic carbocycles. The molecule has 1 amide bonds. The number of carbonyl (C=O) groups excluding carboxylic acids is 2. The highest BCUT2D eigenvalue weighted by molar-refractivity contribution is 7.17. The minimum atomic E-state index is -0.916. The molecule has 1 aromatic heterocycles. The number of aliphatic carboxylic acids is 1. The number of carboxylic acids is 1. The zero-order valence-electron chi connectivity index (χ0n) is 15.0. The average molecular weight is 379 g/mol. The maximum absolute atomic E-state index is 12.8. The van der Waals surface area contributed by atoms with Gasteiger partial charge in [-0.15, -0.1) is 11.3 Å². The number of fused-ring (bicyclic) bond motifs is 1. The van der Waals surface area contributed by atoms with Crippen molar-refractivity contribution in [3.8, 4) is 0 Å². The Balaban J connectivity index is 1.86. The topological polar surface area (TPSA) is 92.7 Å². The molecule has 2 aliphatic carbocycles. The van der Waals surface area contributed by atoms with Crippen LogP contribution in [-0.2, 0) is 27.2 Å². The predicted octanol–water partition coefficient (Wildman–Crippen LogP) is 3.63. The minimum Gasteiger partial charge on any atom is -0.481 e. The molecule has 142 valence electrons. The van der Waals surface area contributed by atoms with E-state index >= 15 is 0 Å². The highest BCUT2D eigenvalue weighted by atomic mass is 32.1. The van der Waals surface area contributed by atoms with Crippen LogP contribution in [0.25, 0.3) is 0 Å². The van der Waals surface area contributed by atoms with Gasteiger partial charge in [-0.2, -0.15) is 0 Å². The van der Waals surface area contributed by atoms with E-state index in [0.717, 1.165) is 49.0 Å². The van der Waals surface area contributed by atoms with E-state index in [2.05, 4.69) is 5.32 Å². The summed E-state index contributed by atoms with van der Waals surface area (Å²) in [5, 5.41) is 12.8. The SMILES string of the molecule is CCOC(=O)c1c(NC(=O)C2CCCCC2C(=O)O)sc2c1CCCC2. The Morgan fingerprint density at radius 1 is 1.12 bits per heavy atom. The number of aryl methyl sites for hydroxylation is 1. The Bertz CT molecular complexity index is 711. The second-order valence-corrected chi connectivity index (χ2v) is 8.07. The highest BCUT2D eigenvalue weighted by Crippen LogP contribution is 2.40. The fraction of sp³-hybridized carbons (Fsp3) is 0.632. The number of anilines is 1. The summed E-state index contributed by atoms with van der Waals surface area (Å²) >= 11 is 1.44. The molecule has 2 aliphatic rings. The summed E-state index contributed by atoms with van der Waals surface area (Å²) in [7, 11) is 0. The van der Waals surface area contributed by atoms with Crippen LogP contribution in [-0.4, -0.2) is 29.6 Å². The summed E-state index contributed by atoms with van der Waals surface area (Å²) in [5.41, 5.74) is 1.47. The summed E-state index contributed by atoms with van der Waals surface area (Å²) in [6.45, 7) is 2.04. The Labute approximate surface area is 156 Å². The molecule has 1 heterocycles. The van der Waals surface area contributed by atoms with Crippen LogP contribution in [0.2, 0.25) is 0 Å². The first-order chi connectivity index (χ1) is 12.5. The number of nitrogens with one attached hydrogen (secondary N) is 1. The van der Waals surface area contributed by atoms with Gasteiger partial charge in [0.1, 0.15) is 5.00 Å². The molecule has 0 spiro atoms. The largest absolute Gasteiger partial charge is 0.481 e. The third kappa shape index (κ3) is 3.77. The molecule has 1 saturated carbocycles. The van der Waals surface area contributed by atoms with Crippen molar-refractivity contribution in [1.82, 2.24) is 0 Å². The quantitative estimate of drug-likeness (QED) is 0.762. The number of carbonyl (C=O) groups is 3. The van der Waals surface area contributed by atoms with Crippen molar-refractivity contribution < 1.29 is 24.2 Å². The van der Waals surface area contributed by atoms with Gasteiger partial charge < -0.3 is 15.2 Å². The average Bonchev–Trinajstić information content (AvgIpc) is 2.99. The number of thiophene rings is 1. The summed E-state index contributed by atoms with van der Waals surface area (Å²) in [6.07, 6.45) is 6.61. The van der Waals surface area contributed by atoms with E-state index < -0.39 is 23.8 Å². The lowest BCUT2D eigenvalue weighted by atomic mass is 9.78. The summed E-state index contributed by atoms with van der Waals surface area (Å²) in [5.74, 6) is -2.80. The van der Waals surface area contributed by atoms with E-state index in [1.54, 1.807) is 6.92 Å². The minimum absolute atomic E-state index is 0.278. The van der Waals surface area contributed by atoms with Crippen LogP contribution < -0.4 is 5.32 Å². The van der Waals surface area contributed by atoms with Crippen LogP contribution in [0.4, 0.5) is 5.00 Å². The molecule has 2 N–H and O–H groups in total. The fourth-order valence-corrected chi connectivity index (χ4v) is 5.30. The van der Waals surface area contributed by atoms with E-state index in [-0.39, 0.29) is 12.5 Å². The predicted molar refractivity (Wildman–Crippen MR) is 98.6 cm³/mol. The number of carboxylic acid groups (broad SMARTS) is 1. The summed E-state index contributed by atoms with van der Waals surface area (Å²) in [4.78, 5) is 37.9. The second-order valence-electron chi connectivity index (χ2n) is 6.96. The Morgan fingerprint density at radius 3 is 2.50 bits per heavy atom. The van der Waals surface area contributed by atoms with Crippen molar-refractivity contribution in [3.63, 3.8) is 0 Å². The van der Waals surface area contributed by atoms with E-state index in [1.165, 1.54) is 11.3 Å². The maximum Gasteiger partial charge on any atom is 0.341 e. The molecule has 6 nitrogen and oxygen atoms in total. The zero-order chi connectivity index (χ0) is 18.7. The molecular formula is C19H25NO5S. The van der Waals surface area contributed by atoms with Crippen molar-refractivity contribution >= 4 is 34.2 Å². The van der Waals surface area contributed by atoms with Gasteiger partial charge >= 0.3 is 11.9 Å². The van der Waals surface area contributed by atoms with Crippen molar-refractivity contribution in [2.75, 3.05) is 11.9 Å². The van der Waals surface area contributed by atoms with Gasteiger partial charge in [-0.25, -0.2) is 4.79 Å². The van der Waals surface area contributed by atoms with Gasteiger partial charge in [-0.3, -0.25) is 9.59 Å². The van der Waals surface area contributed by atoms with Gasteiger partial charge in [0.2, 0.25) is 5.91 Å². The highest BCUT2D eigenvalue weighted by Gasteiger charge is 2.37. The van der Waals surface area contributed by atoms with Crippen LogP contribution in [0.5, 0.6) is 0 Å². The van der Waals surface area contributed by atoms with Gasteiger partial charge in [0.25, 0.3) is 0 Å². The van der Waals surface area contributed by atoms with E-state index in [9.17, 15) is 19.5 Å². The first kappa shape index (κ1) is 18.9. The third-order valence-corrected chi connectivity index (χ3v) is 6.51. The molecular weight excluding hydrogens is 354 g/mol. The lowest BCUT2D eigenvalue weighted by Crippen LogP contribution is -2.36. The number of rotatable bonds is 5. The van der Waals surface area contributed by atoms with Gasteiger partial charge in [-0.05, 0) is 51.0 Å². The lowest BCUT2D eigenvalue weighted by Gasteiger charge is -2.27. The van der Waals surface area contributed by atoms with E-state index in [0.29, 0.717) is 23.4 Å². The Kier molecular flexibility index (Phi) is 5.96. The Hall–Kier alpha value is -1.89. The van der Waals surface area contributed by atoms with Gasteiger partial charge in [0, 0.05) is 4.88 Å². The number of esters is 1. The van der Waals surface area contributed by atoms with Crippen molar-refractivity contribution in [2.24, 2.45) is 11.8 Å². The lowest BCUT2D eigenvalue weighted by molar-refractivity contribution is -0.147. The van der Waals surface area contributed by atoms with Crippen molar-refractivity contribution in [2.45, 2.75) is 58.3 Å². The normalized spacial score (nSPS) is 22.3. The maximum atomic E-state index is 12.8. The molecule has 7 heteroatoms. The molecule has 1 fully saturated rings. The molecule has 1 aromatic rings. The zero-order valence-corrected chi connectivity index (χ0v) is 15.8. The van der Waals surface area contributed by atoms with Gasteiger partial charge in [0.05, 0.1) is 24.0 Å². The molecule has 2 atom stereocenters. The second kappa shape index (κ2) is 8.20. The number of hydrogen-bond donors (Lipinski definition) is 2. The monoisotopic (exact) mass is 379 g/mol. The molecule has 0 bridgehead atoms. The number of ether oxygens (including phenoxy) is 1. The smallest absolute Gasteiger partial charge is 0.341 e. The molecule has 3 rings (SSSR count). The molecule has 0 radical (unpaired) electrons. The molecule has 26 heavy (non-hydrogen) atoms. The van der Waals surface area contributed by atoms with Gasteiger partial charge in [0.15, 0.2) is 0 Å². The third-order valence-electron chi connectivity index (χ3n) is 5.31. The number of amides is 1. The first-order valence-corrected chi connectivity index (χ1v) is 10.2. The number of hydrogen-bond acceptors (Lipinski definition) is 5. The molecule has 0 aliphatic heterocycles. The summed E-state index contributed by atoms with van der Waals surface area (Å²) < 4.78 is 5.20. The Morgan fingerprint density at radius 2 is 1.81 bits per heavy atom. The van der Waals surface area contributed by atoms with Crippen LogP contribution in [0, 0.1) is 11.8 Å². The van der Waals surface area contributed by atoms with E-state index in [4.69, 9.17) is 4.74 Å². The molecule has 0 saturated heterocycles. The van der Waals surface area contributed by atoms with Crippen molar-refractivity contribution in [3.05, 3.63) is 16.0 Å². The van der Waals surface area contributed by atoms with Crippen LogP contribution >= 0.6 is 11.3 Å². The van der Waals surface area contributed by atoms with Crippen LogP contribution in [0.1, 0.15) is 66.2 Å². The standard InChI is InChI=1S/C19H25NO5S/c1-2-25-19(24)15-13-9-5-6-10-14(13)26-17(15)20-16(21)11-7-3-4-8-12(11)18(22)23/h11-12H,2-10H2,1H3,(H,20,21)(H,22,23). The summed E-state index contributed by atoms with van der Waals surface area (Å²) in [6, 6.07) is 0. The van der Waals surface area contributed by atoms with Crippen molar-refractivity contribution in [1.29, 1.82) is 0 Å². The van der Waals surface area contributed by atoms with Crippen LogP contribution in [0.15, 0.2) is 0 Å². The van der Waals surface area contributed by atoms with Gasteiger partial charge in [-0.1, -0.05) is 12.8 Å². The van der Waals surface area contributed by atoms with E-state index in [1.807, 2.05) is 0 Å².